The summed E-state index contributed by atoms with van der Waals surface area (Å²) in [7, 11) is 1.60. The van der Waals surface area contributed by atoms with Gasteiger partial charge in [-0.25, -0.2) is 4.68 Å². The van der Waals surface area contributed by atoms with Gasteiger partial charge in [-0.2, -0.15) is 10.1 Å². The molecule has 3 aromatic carbocycles. The van der Waals surface area contributed by atoms with Crippen molar-refractivity contribution in [2.75, 3.05) is 17.7 Å². The quantitative estimate of drug-likeness (QED) is 0.382. The molecule has 0 unspecified atom stereocenters. The zero-order valence-electron chi connectivity index (χ0n) is 20.4. The van der Waals surface area contributed by atoms with Crippen LogP contribution in [0.15, 0.2) is 90.4 Å². The Morgan fingerprint density at radius 2 is 1.81 bits per heavy atom. The lowest BCUT2D eigenvalue weighted by Crippen LogP contribution is -2.31. The van der Waals surface area contributed by atoms with Crippen LogP contribution in [0.4, 0.5) is 11.6 Å². The van der Waals surface area contributed by atoms with Crippen molar-refractivity contribution in [3.63, 3.8) is 0 Å². The van der Waals surface area contributed by atoms with E-state index in [9.17, 15) is 4.79 Å². The van der Waals surface area contributed by atoms with Crippen LogP contribution < -0.4 is 20.1 Å². The molecule has 8 heteroatoms. The SMILES string of the molecule is COc1cc([C@H]2C(C(=O)Nc3ccc(C)cc3)=C(C)Nc3ncnn32)ccc1OCc1ccccc1. The number of methoxy groups -OCH3 is 1. The van der Waals surface area contributed by atoms with E-state index in [-0.39, 0.29) is 5.91 Å². The van der Waals surface area contributed by atoms with Crippen molar-refractivity contribution < 1.29 is 14.3 Å². The van der Waals surface area contributed by atoms with E-state index in [2.05, 4.69) is 20.7 Å². The topological polar surface area (TPSA) is 90.3 Å². The number of benzene rings is 3. The first-order chi connectivity index (χ1) is 17.5. The summed E-state index contributed by atoms with van der Waals surface area (Å²) in [4.78, 5) is 17.8. The number of hydrogen-bond donors (Lipinski definition) is 2. The summed E-state index contributed by atoms with van der Waals surface area (Å²) >= 11 is 0. The molecule has 0 radical (unpaired) electrons. The summed E-state index contributed by atoms with van der Waals surface area (Å²) < 4.78 is 13.4. The largest absolute Gasteiger partial charge is 0.493 e. The molecular formula is C28H27N5O3. The van der Waals surface area contributed by atoms with Crippen molar-refractivity contribution in [1.29, 1.82) is 0 Å². The Balaban J connectivity index is 1.48. The predicted octanol–water partition coefficient (Wildman–Crippen LogP) is 5.10. The van der Waals surface area contributed by atoms with Gasteiger partial charge in [-0.15, -0.1) is 0 Å². The minimum Gasteiger partial charge on any atom is -0.493 e. The fourth-order valence-corrected chi connectivity index (χ4v) is 4.24. The summed E-state index contributed by atoms with van der Waals surface area (Å²) in [6, 6.07) is 22.8. The zero-order chi connectivity index (χ0) is 25.1. The van der Waals surface area contributed by atoms with Gasteiger partial charge in [0.25, 0.3) is 5.91 Å². The number of amides is 1. The van der Waals surface area contributed by atoms with E-state index in [0.717, 1.165) is 22.4 Å². The lowest BCUT2D eigenvalue weighted by Gasteiger charge is -2.29. The van der Waals surface area contributed by atoms with E-state index in [1.54, 1.807) is 11.8 Å². The molecule has 5 rings (SSSR count). The van der Waals surface area contributed by atoms with E-state index in [0.29, 0.717) is 35.3 Å². The van der Waals surface area contributed by atoms with E-state index in [1.165, 1.54) is 6.33 Å². The Morgan fingerprint density at radius 3 is 2.56 bits per heavy atom. The minimum absolute atomic E-state index is 0.224. The molecule has 0 spiro atoms. The number of carbonyl (C=O) groups excluding carboxylic acids is 1. The smallest absolute Gasteiger partial charge is 0.255 e. The Hall–Kier alpha value is -4.59. The normalized spacial score (nSPS) is 14.6. The molecule has 1 aliphatic heterocycles. The molecular weight excluding hydrogens is 454 g/mol. The highest BCUT2D eigenvalue weighted by molar-refractivity contribution is 6.06. The van der Waals surface area contributed by atoms with E-state index >= 15 is 0 Å². The van der Waals surface area contributed by atoms with Gasteiger partial charge in [0.05, 0.1) is 12.7 Å². The lowest BCUT2D eigenvalue weighted by molar-refractivity contribution is -0.113. The lowest BCUT2D eigenvalue weighted by atomic mass is 9.94. The monoisotopic (exact) mass is 481 g/mol. The average Bonchev–Trinajstić information content (AvgIpc) is 3.36. The fraction of sp³-hybridized carbons (Fsp3) is 0.179. The molecule has 8 nitrogen and oxygen atoms in total. The Morgan fingerprint density at radius 1 is 1.03 bits per heavy atom. The minimum atomic E-state index is -0.508. The van der Waals surface area contributed by atoms with Crippen molar-refractivity contribution in [3.05, 3.63) is 107 Å². The number of nitrogens with one attached hydrogen (secondary N) is 2. The van der Waals surface area contributed by atoms with E-state index < -0.39 is 6.04 Å². The third-order valence-electron chi connectivity index (χ3n) is 6.09. The number of anilines is 2. The molecule has 1 aliphatic rings. The van der Waals surface area contributed by atoms with Crippen molar-refractivity contribution in [3.8, 4) is 11.5 Å². The van der Waals surface area contributed by atoms with Crippen LogP contribution in [0, 0.1) is 6.92 Å². The van der Waals surface area contributed by atoms with Gasteiger partial charge in [-0.1, -0.05) is 54.1 Å². The van der Waals surface area contributed by atoms with Crippen LogP contribution in [0.5, 0.6) is 11.5 Å². The van der Waals surface area contributed by atoms with Crippen LogP contribution in [-0.4, -0.2) is 27.8 Å². The van der Waals surface area contributed by atoms with Crippen LogP contribution in [0.1, 0.15) is 29.7 Å². The van der Waals surface area contributed by atoms with Crippen LogP contribution >= 0.6 is 0 Å². The number of aryl methyl sites for hydroxylation is 1. The third kappa shape index (κ3) is 4.65. The Kier molecular flexibility index (Phi) is 6.40. The molecule has 1 amide bonds. The molecule has 1 aromatic heterocycles. The summed E-state index contributed by atoms with van der Waals surface area (Å²) in [5.74, 6) is 1.52. The molecule has 0 bridgehead atoms. The maximum absolute atomic E-state index is 13.5. The van der Waals surface area contributed by atoms with Gasteiger partial charge in [0, 0.05) is 11.4 Å². The molecule has 0 fully saturated rings. The second kappa shape index (κ2) is 9.95. The number of hydrogen-bond acceptors (Lipinski definition) is 6. The number of carbonyl (C=O) groups is 1. The number of ether oxygens (including phenoxy) is 2. The summed E-state index contributed by atoms with van der Waals surface area (Å²) in [5.41, 5.74) is 4.95. The predicted molar refractivity (Wildman–Crippen MR) is 138 cm³/mol. The number of fused-ring (bicyclic) bond motifs is 1. The molecule has 1 atom stereocenters. The van der Waals surface area contributed by atoms with Gasteiger partial charge in [0.15, 0.2) is 11.5 Å². The van der Waals surface area contributed by atoms with Crippen molar-refractivity contribution in [2.45, 2.75) is 26.5 Å². The number of nitrogens with zero attached hydrogens (tertiary/aromatic N) is 3. The van der Waals surface area contributed by atoms with Crippen molar-refractivity contribution in [1.82, 2.24) is 14.8 Å². The molecule has 2 heterocycles. The highest BCUT2D eigenvalue weighted by Gasteiger charge is 2.34. The van der Waals surface area contributed by atoms with E-state index in [4.69, 9.17) is 9.47 Å². The molecule has 4 aromatic rings. The first kappa shape index (κ1) is 23.2. The van der Waals surface area contributed by atoms with Gasteiger partial charge in [0.2, 0.25) is 5.95 Å². The Bertz CT molecular complexity index is 1410. The van der Waals surface area contributed by atoms with Crippen molar-refractivity contribution >= 4 is 17.5 Å². The number of rotatable bonds is 7. The van der Waals surface area contributed by atoms with Crippen LogP contribution in [0.3, 0.4) is 0 Å². The molecule has 0 saturated heterocycles. The van der Waals surface area contributed by atoms with Crippen molar-refractivity contribution in [2.24, 2.45) is 0 Å². The second-order valence-corrected chi connectivity index (χ2v) is 8.60. The molecule has 0 aliphatic carbocycles. The van der Waals surface area contributed by atoms with Crippen LogP contribution in [-0.2, 0) is 11.4 Å². The molecule has 36 heavy (non-hydrogen) atoms. The third-order valence-corrected chi connectivity index (χ3v) is 6.09. The maximum Gasteiger partial charge on any atom is 0.255 e. The molecule has 182 valence electrons. The number of aromatic nitrogens is 3. The van der Waals surface area contributed by atoms with E-state index in [1.807, 2.05) is 86.6 Å². The number of allylic oxidation sites excluding steroid dienone is 1. The molecule has 0 saturated carbocycles. The second-order valence-electron chi connectivity index (χ2n) is 8.60. The standard InChI is InChI=1S/C28H27N5O3/c1-18-9-12-22(13-10-18)32-27(34)25-19(2)31-28-29-17-30-33(28)26(25)21-11-14-23(24(15-21)35-3)36-16-20-7-5-4-6-8-20/h4-15,17,26H,16H2,1-3H3,(H,32,34)(H,29,30,31)/t26-/m0/s1. The van der Waals surface area contributed by atoms with Gasteiger partial charge < -0.3 is 20.1 Å². The first-order valence-electron chi connectivity index (χ1n) is 11.6. The van der Waals surface area contributed by atoms with Gasteiger partial charge >= 0.3 is 0 Å². The van der Waals surface area contributed by atoms with Crippen LogP contribution in [0.2, 0.25) is 0 Å². The summed E-state index contributed by atoms with van der Waals surface area (Å²) in [5, 5.41) is 10.6. The highest BCUT2D eigenvalue weighted by Crippen LogP contribution is 2.39. The molecule has 2 N–H and O–H groups in total. The first-order valence-corrected chi connectivity index (χ1v) is 11.6. The Labute approximate surface area is 209 Å². The maximum atomic E-state index is 13.5. The van der Waals surface area contributed by atoms with Gasteiger partial charge in [0.1, 0.15) is 19.0 Å². The summed E-state index contributed by atoms with van der Waals surface area (Å²) in [6.45, 7) is 4.29. The summed E-state index contributed by atoms with van der Waals surface area (Å²) in [6.07, 6.45) is 1.47. The zero-order valence-corrected chi connectivity index (χ0v) is 20.4. The fourth-order valence-electron chi connectivity index (χ4n) is 4.24. The highest BCUT2D eigenvalue weighted by atomic mass is 16.5. The van der Waals surface area contributed by atoms with Gasteiger partial charge in [-0.05, 0) is 49.2 Å². The van der Waals surface area contributed by atoms with Gasteiger partial charge in [-0.3, -0.25) is 4.79 Å². The van der Waals surface area contributed by atoms with Crippen LogP contribution in [0.25, 0.3) is 0 Å². The average molecular weight is 482 g/mol.